The lowest BCUT2D eigenvalue weighted by Gasteiger charge is -2.27. The van der Waals surface area contributed by atoms with Crippen LogP contribution < -0.4 is 10.1 Å². The molecule has 1 aliphatic carbocycles. The van der Waals surface area contributed by atoms with Gasteiger partial charge >= 0.3 is 0 Å². The Kier molecular flexibility index (Phi) is 3.63. The SMILES string of the molecule is COc1nc2c(cc1C(=O)N1C[C@@H]3C[C@H]1C(=O)N3)C(=O)N(C1CCCC1)C2. The number of nitrogens with one attached hydrogen (secondary N) is 1. The summed E-state index contributed by atoms with van der Waals surface area (Å²) >= 11 is 0. The first-order valence-electron chi connectivity index (χ1n) is 9.57. The summed E-state index contributed by atoms with van der Waals surface area (Å²) in [5.74, 6) is -0.238. The number of likely N-dealkylation sites (tertiary alicyclic amines) is 1. The van der Waals surface area contributed by atoms with Gasteiger partial charge in [0.15, 0.2) is 0 Å². The molecular formula is C19H22N4O4. The molecule has 2 atom stereocenters. The summed E-state index contributed by atoms with van der Waals surface area (Å²) in [5.41, 5.74) is 1.42. The highest BCUT2D eigenvalue weighted by Crippen LogP contribution is 2.34. The van der Waals surface area contributed by atoms with E-state index in [4.69, 9.17) is 4.74 Å². The number of piperazine rings is 1. The minimum absolute atomic E-state index is 0.0133. The average Bonchev–Trinajstić information content (AvgIpc) is 3.43. The van der Waals surface area contributed by atoms with Crippen LogP contribution in [0.5, 0.6) is 5.88 Å². The molecule has 8 heteroatoms. The van der Waals surface area contributed by atoms with Gasteiger partial charge in [-0.15, -0.1) is 0 Å². The zero-order valence-electron chi connectivity index (χ0n) is 15.2. The molecule has 1 N–H and O–H groups in total. The standard InChI is InChI=1S/C19H22N4O4/c1-27-17-13(19(26)23-8-10-6-15(23)16(24)20-10)7-12-14(21-17)9-22(18(12)25)11-4-2-3-5-11/h7,10-11,15H,2-6,8-9H2,1H3,(H,20,24)/t10-,15-/m0/s1. The summed E-state index contributed by atoms with van der Waals surface area (Å²) in [6.07, 6.45) is 4.97. The summed E-state index contributed by atoms with van der Waals surface area (Å²) in [5, 5.41) is 2.86. The monoisotopic (exact) mass is 370 g/mol. The van der Waals surface area contributed by atoms with E-state index in [0.29, 0.717) is 30.8 Å². The molecule has 0 radical (unpaired) electrons. The van der Waals surface area contributed by atoms with Gasteiger partial charge in [-0.2, -0.15) is 0 Å². The van der Waals surface area contributed by atoms with Gasteiger partial charge in [0.25, 0.3) is 11.8 Å². The lowest BCUT2D eigenvalue weighted by atomic mass is 10.1. The molecule has 2 bridgehead atoms. The highest BCUT2D eigenvalue weighted by molar-refractivity contribution is 6.04. The number of hydrogen-bond acceptors (Lipinski definition) is 5. The van der Waals surface area contributed by atoms with E-state index in [1.165, 1.54) is 7.11 Å². The Morgan fingerprint density at radius 3 is 2.74 bits per heavy atom. The van der Waals surface area contributed by atoms with Crippen LogP contribution in [0, 0.1) is 0 Å². The Balaban J connectivity index is 1.47. The molecule has 3 fully saturated rings. The fraction of sp³-hybridized carbons (Fsp3) is 0.579. The van der Waals surface area contributed by atoms with Crippen molar-refractivity contribution in [2.24, 2.45) is 0 Å². The van der Waals surface area contributed by atoms with Crippen LogP contribution in [0.25, 0.3) is 0 Å². The molecule has 1 saturated carbocycles. The Hall–Kier alpha value is -2.64. The fourth-order valence-corrected chi connectivity index (χ4v) is 4.91. The Bertz CT molecular complexity index is 848. The number of carbonyl (C=O) groups excluding carboxylic acids is 3. The fourth-order valence-electron chi connectivity index (χ4n) is 4.91. The van der Waals surface area contributed by atoms with Gasteiger partial charge in [0, 0.05) is 18.6 Å². The van der Waals surface area contributed by atoms with Crippen molar-refractivity contribution in [1.82, 2.24) is 20.1 Å². The predicted molar refractivity (Wildman–Crippen MR) is 94.3 cm³/mol. The van der Waals surface area contributed by atoms with Crippen LogP contribution in [-0.2, 0) is 11.3 Å². The second-order valence-corrected chi connectivity index (χ2v) is 7.83. The largest absolute Gasteiger partial charge is 0.480 e. The zero-order valence-corrected chi connectivity index (χ0v) is 15.2. The van der Waals surface area contributed by atoms with Gasteiger partial charge < -0.3 is 19.9 Å². The molecule has 0 unspecified atom stereocenters. The first kappa shape index (κ1) is 16.5. The number of carbonyl (C=O) groups is 3. The summed E-state index contributed by atoms with van der Waals surface area (Å²) in [6, 6.07) is 1.45. The number of aromatic nitrogens is 1. The molecular weight excluding hydrogens is 348 g/mol. The first-order valence-corrected chi connectivity index (χ1v) is 9.57. The number of ether oxygens (including phenoxy) is 1. The Morgan fingerprint density at radius 1 is 1.30 bits per heavy atom. The maximum Gasteiger partial charge on any atom is 0.260 e. The molecule has 142 valence electrons. The molecule has 3 aliphatic heterocycles. The lowest BCUT2D eigenvalue weighted by molar-refractivity contribution is -0.124. The molecule has 4 aliphatic rings. The molecule has 0 aromatic carbocycles. The topological polar surface area (TPSA) is 91.8 Å². The second-order valence-electron chi connectivity index (χ2n) is 7.83. The van der Waals surface area contributed by atoms with Gasteiger partial charge in [-0.3, -0.25) is 14.4 Å². The van der Waals surface area contributed by atoms with Crippen LogP contribution in [0.1, 0.15) is 58.5 Å². The summed E-state index contributed by atoms with van der Waals surface area (Å²) < 4.78 is 5.37. The van der Waals surface area contributed by atoms with Crippen LogP contribution in [0.2, 0.25) is 0 Å². The third kappa shape index (κ3) is 2.42. The second kappa shape index (κ2) is 5.94. The zero-order chi connectivity index (χ0) is 18.7. The minimum Gasteiger partial charge on any atom is -0.480 e. The van der Waals surface area contributed by atoms with Gasteiger partial charge in [0.2, 0.25) is 11.8 Å². The number of amides is 3. The number of rotatable bonds is 3. The van der Waals surface area contributed by atoms with Gasteiger partial charge in [-0.1, -0.05) is 12.8 Å². The number of hydrogen-bond donors (Lipinski definition) is 1. The van der Waals surface area contributed by atoms with Crippen molar-refractivity contribution in [3.63, 3.8) is 0 Å². The van der Waals surface area contributed by atoms with E-state index in [1.54, 1.807) is 11.0 Å². The van der Waals surface area contributed by atoms with E-state index < -0.39 is 6.04 Å². The van der Waals surface area contributed by atoms with Crippen LogP contribution in [0.15, 0.2) is 6.07 Å². The normalized spacial score (nSPS) is 26.7. The summed E-state index contributed by atoms with van der Waals surface area (Å²) in [4.78, 5) is 45.9. The van der Waals surface area contributed by atoms with E-state index in [1.807, 2.05) is 4.90 Å². The number of methoxy groups -OCH3 is 1. The molecule has 2 saturated heterocycles. The van der Waals surface area contributed by atoms with Crippen molar-refractivity contribution >= 4 is 17.7 Å². The first-order chi connectivity index (χ1) is 13.1. The van der Waals surface area contributed by atoms with E-state index >= 15 is 0 Å². The van der Waals surface area contributed by atoms with E-state index in [-0.39, 0.29) is 41.2 Å². The molecule has 1 aromatic rings. The molecule has 0 spiro atoms. The molecule has 1 aromatic heterocycles. The Labute approximate surface area is 156 Å². The van der Waals surface area contributed by atoms with Crippen LogP contribution >= 0.6 is 0 Å². The number of pyridine rings is 1. The maximum absolute atomic E-state index is 13.1. The third-order valence-corrected chi connectivity index (χ3v) is 6.28. The number of fused-ring (bicyclic) bond motifs is 3. The van der Waals surface area contributed by atoms with Crippen LogP contribution in [-0.4, -0.2) is 64.3 Å². The molecule has 3 amide bonds. The van der Waals surface area contributed by atoms with Crippen molar-refractivity contribution < 1.29 is 19.1 Å². The minimum atomic E-state index is -0.439. The highest BCUT2D eigenvalue weighted by atomic mass is 16.5. The van der Waals surface area contributed by atoms with Crippen molar-refractivity contribution in [3.05, 3.63) is 22.9 Å². The van der Waals surface area contributed by atoms with Crippen molar-refractivity contribution in [3.8, 4) is 5.88 Å². The molecule has 5 rings (SSSR count). The maximum atomic E-state index is 13.1. The van der Waals surface area contributed by atoms with Gasteiger partial charge in [-0.05, 0) is 25.3 Å². The van der Waals surface area contributed by atoms with E-state index in [2.05, 4.69) is 10.3 Å². The molecule has 4 heterocycles. The van der Waals surface area contributed by atoms with Crippen LogP contribution in [0.4, 0.5) is 0 Å². The molecule has 27 heavy (non-hydrogen) atoms. The third-order valence-electron chi connectivity index (χ3n) is 6.28. The van der Waals surface area contributed by atoms with Gasteiger partial charge in [-0.25, -0.2) is 4.98 Å². The lowest BCUT2D eigenvalue weighted by Crippen LogP contribution is -2.50. The Morgan fingerprint density at radius 2 is 2.07 bits per heavy atom. The van der Waals surface area contributed by atoms with Crippen LogP contribution in [0.3, 0.4) is 0 Å². The highest BCUT2D eigenvalue weighted by Gasteiger charge is 2.47. The van der Waals surface area contributed by atoms with Gasteiger partial charge in [0.1, 0.15) is 11.6 Å². The van der Waals surface area contributed by atoms with Crippen molar-refractivity contribution in [2.75, 3.05) is 13.7 Å². The quantitative estimate of drug-likeness (QED) is 0.846. The number of nitrogens with zero attached hydrogens (tertiary/aromatic N) is 3. The summed E-state index contributed by atoms with van der Waals surface area (Å²) in [6.45, 7) is 0.956. The van der Waals surface area contributed by atoms with E-state index in [0.717, 1.165) is 25.7 Å². The summed E-state index contributed by atoms with van der Waals surface area (Å²) in [7, 11) is 1.47. The van der Waals surface area contributed by atoms with E-state index in [9.17, 15) is 14.4 Å². The predicted octanol–water partition coefficient (Wildman–Crippen LogP) is 0.701. The van der Waals surface area contributed by atoms with Gasteiger partial charge in [0.05, 0.1) is 24.9 Å². The smallest absolute Gasteiger partial charge is 0.260 e. The molecule has 8 nitrogen and oxygen atoms in total. The van der Waals surface area contributed by atoms with Crippen molar-refractivity contribution in [2.45, 2.75) is 56.8 Å². The van der Waals surface area contributed by atoms with Crippen molar-refractivity contribution in [1.29, 1.82) is 0 Å². The average molecular weight is 370 g/mol.